The summed E-state index contributed by atoms with van der Waals surface area (Å²) < 4.78 is 11.6. The molecule has 5 nitrogen and oxygen atoms in total. The first-order valence-corrected chi connectivity index (χ1v) is 12.8. The molecule has 0 radical (unpaired) electrons. The molecule has 1 fully saturated rings. The van der Waals surface area contributed by atoms with Gasteiger partial charge in [0, 0.05) is 5.02 Å². The summed E-state index contributed by atoms with van der Waals surface area (Å²) in [5.74, 6) is 1.16. The first kappa shape index (κ1) is 25.9. The zero-order valence-corrected chi connectivity index (χ0v) is 22.1. The number of carbonyl (C=O) groups is 2. The third-order valence-electron chi connectivity index (χ3n) is 5.62. The van der Waals surface area contributed by atoms with Crippen LogP contribution in [0.5, 0.6) is 11.5 Å². The van der Waals surface area contributed by atoms with Crippen LogP contribution in [0.25, 0.3) is 6.08 Å². The van der Waals surface area contributed by atoms with Crippen molar-refractivity contribution in [1.29, 1.82) is 0 Å². The van der Waals surface area contributed by atoms with Gasteiger partial charge in [-0.05, 0) is 76.3 Å². The molecule has 1 aliphatic heterocycles. The summed E-state index contributed by atoms with van der Waals surface area (Å²) in [6.45, 7) is 7.53. The molecule has 0 atom stereocenters. The highest BCUT2D eigenvalue weighted by molar-refractivity contribution is 8.18. The van der Waals surface area contributed by atoms with Crippen LogP contribution < -0.4 is 9.47 Å². The average Bonchev–Trinajstić information content (AvgIpc) is 3.10. The van der Waals surface area contributed by atoms with Crippen molar-refractivity contribution in [2.24, 2.45) is 0 Å². The molecule has 36 heavy (non-hydrogen) atoms. The van der Waals surface area contributed by atoms with Gasteiger partial charge in [-0.1, -0.05) is 68.8 Å². The number of amides is 2. The number of ether oxygens (including phenoxy) is 2. The molecule has 0 N–H and O–H groups in total. The Balaban J connectivity index is 1.32. The van der Waals surface area contributed by atoms with Crippen LogP contribution in [0.3, 0.4) is 0 Å². The summed E-state index contributed by atoms with van der Waals surface area (Å²) in [5.41, 5.74) is 2.98. The number of imide groups is 1. The maximum Gasteiger partial charge on any atom is 0.293 e. The highest BCUT2D eigenvalue weighted by Gasteiger charge is 2.35. The average molecular weight is 522 g/mol. The molecule has 0 aliphatic carbocycles. The fraction of sp³-hybridized carbons (Fsp3) is 0.241. The topological polar surface area (TPSA) is 55.8 Å². The highest BCUT2D eigenvalue weighted by atomic mass is 35.5. The molecule has 0 bridgehead atoms. The van der Waals surface area contributed by atoms with E-state index >= 15 is 0 Å². The van der Waals surface area contributed by atoms with Crippen LogP contribution in [0.1, 0.15) is 37.5 Å². The third kappa shape index (κ3) is 6.71. The Morgan fingerprint density at radius 2 is 1.56 bits per heavy atom. The van der Waals surface area contributed by atoms with E-state index in [0.29, 0.717) is 28.9 Å². The normalized spacial score (nSPS) is 15.0. The van der Waals surface area contributed by atoms with E-state index in [9.17, 15) is 9.59 Å². The molecule has 0 saturated carbocycles. The fourth-order valence-corrected chi connectivity index (χ4v) is 4.59. The van der Waals surface area contributed by atoms with Crippen molar-refractivity contribution in [3.63, 3.8) is 0 Å². The molecular weight excluding hydrogens is 494 g/mol. The van der Waals surface area contributed by atoms with Crippen LogP contribution in [0, 0.1) is 0 Å². The Bertz CT molecular complexity index is 1260. The van der Waals surface area contributed by atoms with Gasteiger partial charge in [-0.3, -0.25) is 14.5 Å². The molecule has 1 saturated heterocycles. The quantitative estimate of drug-likeness (QED) is 0.229. The fourth-order valence-electron chi connectivity index (χ4n) is 3.62. The molecule has 7 heteroatoms. The van der Waals surface area contributed by atoms with Crippen LogP contribution in [-0.4, -0.2) is 29.3 Å². The van der Waals surface area contributed by atoms with Crippen molar-refractivity contribution in [1.82, 2.24) is 4.90 Å². The van der Waals surface area contributed by atoms with Crippen molar-refractivity contribution < 1.29 is 19.1 Å². The lowest BCUT2D eigenvalue weighted by atomic mass is 9.87. The molecule has 3 aromatic carbocycles. The van der Waals surface area contributed by atoms with Gasteiger partial charge in [-0.2, -0.15) is 0 Å². The highest BCUT2D eigenvalue weighted by Crippen LogP contribution is 2.34. The van der Waals surface area contributed by atoms with Crippen LogP contribution in [0.4, 0.5) is 4.79 Å². The van der Waals surface area contributed by atoms with E-state index in [0.717, 1.165) is 28.6 Å². The largest absolute Gasteiger partial charge is 0.490 e. The molecule has 1 aliphatic rings. The van der Waals surface area contributed by atoms with E-state index in [4.69, 9.17) is 21.1 Å². The molecule has 4 rings (SSSR count). The van der Waals surface area contributed by atoms with E-state index in [1.54, 1.807) is 30.3 Å². The number of benzene rings is 3. The minimum absolute atomic E-state index is 0.103. The number of rotatable bonds is 8. The van der Waals surface area contributed by atoms with Crippen molar-refractivity contribution in [3.8, 4) is 11.5 Å². The monoisotopic (exact) mass is 521 g/mol. The molecule has 186 valence electrons. The SMILES string of the molecule is CC(C)(C)c1ccc(OCCOc2cccc(/C=C3\SC(=O)N(Cc4ccc(Cl)cc4)C3=O)c2)cc1. The predicted molar refractivity (Wildman–Crippen MR) is 146 cm³/mol. The van der Waals surface area contributed by atoms with Gasteiger partial charge in [0.1, 0.15) is 24.7 Å². The number of hydrogen-bond donors (Lipinski definition) is 0. The first-order chi connectivity index (χ1) is 17.2. The molecule has 1 heterocycles. The number of hydrogen-bond acceptors (Lipinski definition) is 5. The van der Waals surface area contributed by atoms with Gasteiger partial charge in [0.05, 0.1) is 11.4 Å². The molecular formula is C29H28ClNO4S. The van der Waals surface area contributed by atoms with Crippen LogP contribution in [-0.2, 0) is 16.8 Å². The summed E-state index contributed by atoms with van der Waals surface area (Å²) in [6, 6.07) is 22.6. The lowest BCUT2D eigenvalue weighted by Gasteiger charge is -2.19. The summed E-state index contributed by atoms with van der Waals surface area (Å²) in [5, 5.41) is 0.317. The maximum atomic E-state index is 12.8. The van der Waals surface area contributed by atoms with Crippen molar-refractivity contribution in [2.75, 3.05) is 13.2 Å². The Morgan fingerprint density at radius 3 is 2.22 bits per heavy atom. The van der Waals surface area contributed by atoms with Gasteiger partial charge >= 0.3 is 0 Å². The van der Waals surface area contributed by atoms with E-state index in [-0.39, 0.29) is 23.1 Å². The zero-order chi connectivity index (χ0) is 25.7. The zero-order valence-electron chi connectivity index (χ0n) is 20.5. The van der Waals surface area contributed by atoms with Gasteiger partial charge in [-0.25, -0.2) is 0 Å². The standard InChI is InChI=1S/C29H28ClNO4S/c1-29(2,3)22-9-13-24(14-10-22)34-15-16-35-25-6-4-5-21(17-25)18-26-27(32)31(28(33)36-26)19-20-7-11-23(30)12-8-20/h4-14,17-18H,15-16,19H2,1-3H3/b26-18-. The second kappa shape index (κ2) is 11.2. The van der Waals surface area contributed by atoms with E-state index in [2.05, 4.69) is 32.9 Å². The smallest absolute Gasteiger partial charge is 0.293 e. The molecule has 0 aromatic heterocycles. The Morgan fingerprint density at radius 1 is 0.889 bits per heavy atom. The number of halogens is 1. The van der Waals surface area contributed by atoms with Crippen molar-refractivity contribution >= 4 is 40.6 Å². The predicted octanol–water partition coefficient (Wildman–Crippen LogP) is 7.33. The van der Waals surface area contributed by atoms with E-state index in [1.807, 2.05) is 36.4 Å². The van der Waals surface area contributed by atoms with Crippen LogP contribution in [0.2, 0.25) is 5.02 Å². The van der Waals surface area contributed by atoms with Gasteiger partial charge in [0.25, 0.3) is 11.1 Å². The lowest BCUT2D eigenvalue weighted by Crippen LogP contribution is -2.27. The number of thioether (sulfide) groups is 1. The Kier molecular flexibility index (Phi) is 8.07. The maximum absolute atomic E-state index is 12.8. The molecule has 3 aromatic rings. The Labute approximate surface area is 221 Å². The minimum atomic E-state index is -0.308. The van der Waals surface area contributed by atoms with Crippen LogP contribution >= 0.6 is 23.4 Å². The van der Waals surface area contributed by atoms with Gasteiger partial charge < -0.3 is 9.47 Å². The van der Waals surface area contributed by atoms with Crippen LogP contribution in [0.15, 0.2) is 77.7 Å². The minimum Gasteiger partial charge on any atom is -0.490 e. The van der Waals surface area contributed by atoms with Crippen molar-refractivity contribution in [2.45, 2.75) is 32.7 Å². The summed E-state index contributed by atoms with van der Waals surface area (Å²) in [6.07, 6.45) is 1.72. The van der Waals surface area contributed by atoms with Gasteiger partial charge in [-0.15, -0.1) is 0 Å². The summed E-state index contributed by atoms with van der Waals surface area (Å²) in [7, 11) is 0. The summed E-state index contributed by atoms with van der Waals surface area (Å²) >= 11 is 6.86. The lowest BCUT2D eigenvalue weighted by molar-refractivity contribution is -0.123. The molecule has 2 amide bonds. The number of nitrogens with zero attached hydrogens (tertiary/aromatic N) is 1. The molecule has 0 unspecified atom stereocenters. The van der Waals surface area contributed by atoms with Gasteiger partial charge in [0.15, 0.2) is 0 Å². The van der Waals surface area contributed by atoms with Gasteiger partial charge in [0.2, 0.25) is 0 Å². The third-order valence-corrected chi connectivity index (χ3v) is 6.78. The van der Waals surface area contributed by atoms with Crippen molar-refractivity contribution in [3.05, 3.63) is 99.4 Å². The van der Waals surface area contributed by atoms with E-state index in [1.165, 1.54) is 10.5 Å². The second-order valence-corrected chi connectivity index (χ2v) is 10.9. The molecule has 0 spiro atoms. The Hall–Kier alpha value is -3.22. The van der Waals surface area contributed by atoms with E-state index < -0.39 is 0 Å². The first-order valence-electron chi connectivity index (χ1n) is 11.6. The second-order valence-electron chi connectivity index (χ2n) is 9.44. The number of carbonyl (C=O) groups excluding carboxylic acids is 2. The summed E-state index contributed by atoms with van der Waals surface area (Å²) in [4.78, 5) is 26.9.